The maximum atomic E-state index is 11.8. The summed E-state index contributed by atoms with van der Waals surface area (Å²) in [5.74, 6) is 1.29. The molecule has 1 heterocycles. The highest BCUT2D eigenvalue weighted by Gasteiger charge is 2.20. The Hall–Kier alpha value is -0.610. The third-order valence-electron chi connectivity index (χ3n) is 4.30. The molecule has 0 radical (unpaired) electrons. The van der Waals surface area contributed by atoms with Crippen LogP contribution in [0.25, 0.3) is 0 Å². The van der Waals surface area contributed by atoms with E-state index in [1.54, 1.807) is 26.1 Å². The van der Waals surface area contributed by atoms with Crippen molar-refractivity contribution in [2.75, 3.05) is 60.5 Å². The maximum Gasteiger partial charge on any atom is 0.243 e. The number of ether oxygens (including phenoxy) is 1. The zero-order chi connectivity index (χ0) is 18.7. The first-order valence-electron chi connectivity index (χ1n) is 9.38. The molecule has 154 valence electrons. The van der Waals surface area contributed by atoms with Gasteiger partial charge in [-0.25, -0.2) is 4.99 Å². The molecule has 1 rings (SSSR count). The van der Waals surface area contributed by atoms with Gasteiger partial charge in [-0.05, 0) is 25.2 Å². The summed E-state index contributed by atoms with van der Waals surface area (Å²) < 4.78 is 5.12. The summed E-state index contributed by atoms with van der Waals surface area (Å²) in [7, 11) is 5.26. The van der Waals surface area contributed by atoms with Crippen molar-refractivity contribution in [2.24, 2.45) is 10.9 Å². The number of amides is 1. The molecule has 1 fully saturated rings. The fraction of sp³-hybridized carbons (Fsp3) is 0.889. The van der Waals surface area contributed by atoms with Crippen LogP contribution in [0.15, 0.2) is 4.99 Å². The standard InChI is InChI=1S/C18H37N5O2.HI/c1-15(2)13-19-18(20-14-17(24)22(3)4)21-16-7-10-23(11-8-16)9-6-12-25-5;/h15-16H,6-14H2,1-5H3,(H2,19,20,21);1H. The summed E-state index contributed by atoms with van der Waals surface area (Å²) in [4.78, 5) is 20.3. The van der Waals surface area contributed by atoms with E-state index in [1.165, 1.54) is 0 Å². The minimum atomic E-state index is 0. The van der Waals surface area contributed by atoms with Crippen LogP contribution in [0.2, 0.25) is 0 Å². The third-order valence-corrected chi connectivity index (χ3v) is 4.30. The van der Waals surface area contributed by atoms with Crippen LogP contribution in [0.1, 0.15) is 33.1 Å². The van der Waals surface area contributed by atoms with Crippen molar-refractivity contribution in [3.63, 3.8) is 0 Å². The molecule has 1 aliphatic rings. The van der Waals surface area contributed by atoms with E-state index in [9.17, 15) is 4.79 Å². The summed E-state index contributed by atoms with van der Waals surface area (Å²) in [6.07, 6.45) is 3.28. The highest BCUT2D eigenvalue weighted by molar-refractivity contribution is 14.0. The molecule has 0 aromatic rings. The molecular weight excluding hydrogens is 445 g/mol. The molecule has 2 N–H and O–H groups in total. The Morgan fingerprint density at radius 3 is 2.50 bits per heavy atom. The maximum absolute atomic E-state index is 11.8. The number of guanidine groups is 1. The second-order valence-electron chi connectivity index (χ2n) is 7.33. The number of hydrogen-bond acceptors (Lipinski definition) is 4. The van der Waals surface area contributed by atoms with Crippen molar-refractivity contribution < 1.29 is 9.53 Å². The molecule has 1 amide bonds. The molecule has 0 aliphatic carbocycles. The molecule has 0 unspecified atom stereocenters. The van der Waals surface area contributed by atoms with Gasteiger partial charge >= 0.3 is 0 Å². The Labute approximate surface area is 176 Å². The average molecular weight is 483 g/mol. The summed E-state index contributed by atoms with van der Waals surface area (Å²) >= 11 is 0. The largest absolute Gasteiger partial charge is 0.385 e. The molecule has 1 saturated heterocycles. The predicted molar refractivity (Wildman–Crippen MR) is 118 cm³/mol. The monoisotopic (exact) mass is 483 g/mol. The molecule has 26 heavy (non-hydrogen) atoms. The molecule has 7 nitrogen and oxygen atoms in total. The van der Waals surface area contributed by atoms with Gasteiger partial charge in [-0.2, -0.15) is 0 Å². The lowest BCUT2D eigenvalue weighted by molar-refractivity contribution is -0.127. The second kappa shape index (κ2) is 14.4. The lowest BCUT2D eigenvalue weighted by Gasteiger charge is -2.33. The Kier molecular flexibility index (Phi) is 14.1. The van der Waals surface area contributed by atoms with Crippen LogP contribution in [0.4, 0.5) is 0 Å². The smallest absolute Gasteiger partial charge is 0.243 e. The first-order valence-corrected chi connectivity index (χ1v) is 9.38. The number of likely N-dealkylation sites (tertiary alicyclic amines) is 1. The van der Waals surface area contributed by atoms with E-state index in [0.29, 0.717) is 12.0 Å². The van der Waals surface area contributed by atoms with Crippen molar-refractivity contribution in [1.82, 2.24) is 20.4 Å². The summed E-state index contributed by atoms with van der Waals surface area (Å²) in [6.45, 7) is 9.46. The lowest BCUT2D eigenvalue weighted by Crippen LogP contribution is -2.49. The summed E-state index contributed by atoms with van der Waals surface area (Å²) in [5, 5.41) is 6.86. The van der Waals surface area contributed by atoms with Crippen LogP contribution in [-0.4, -0.2) is 88.2 Å². The molecule has 0 bridgehead atoms. The van der Waals surface area contributed by atoms with Crippen molar-refractivity contribution in [3.05, 3.63) is 0 Å². The van der Waals surface area contributed by atoms with Crippen LogP contribution in [-0.2, 0) is 9.53 Å². The topological polar surface area (TPSA) is 69.2 Å². The lowest BCUT2D eigenvalue weighted by atomic mass is 10.1. The fourth-order valence-electron chi connectivity index (χ4n) is 2.67. The molecule has 0 aromatic carbocycles. The highest BCUT2D eigenvalue weighted by atomic mass is 127. The molecule has 0 saturated carbocycles. The van der Waals surface area contributed by atoms with Gasteiger partial charge in [0.1, 0.15) is 6.54 Å². The SMILES string of the molecule is COCCCN1CCC(NC(=NCC(=O)N(C)C)NCC(C)C)CC1.I. The fourth-order valence-corrected chi connectivity index (χ4v) is 2.67. The Bertz CT molecular complexity index is 410. The number of piperidine rings is 1. The number of carbonyl (C=O) groups is 1. The molecular formula is C18H38IN5O2. The van der Waals surface area contributed by atoms with Crippen molar-refractivity contribution in [2.45, 2.75) is 39.2 Å². The summed E-state index contributed by atoms with van der Waals surface area (Å²) in [5.41, 5.74) is 0. The number of carbonyl (C=O) groups excluding carboxylic acids is 1. The minimum absolute atomic E-state index is 0. The van der Waals surface area contributed by atoms with Gasteiger partial charge in [0, 0.05) is 60.0 Å². The summed E-state index contributed by atoms with van der Waals surface area (Å²) in [6, 6.07) is 0.409. The first-order chi connectivity index (χ1) is 11.9. The van der Waals surface area contributed by atoms with Crippen LogP contribution in [0.5, 0.6) is 0 Å². The Morgan fingerprint density at radius 1 is 1.31 bits per heavy atom. The van der Waals surface area contributed by atoms with Gasteiger partial charge in [0.2, 0.25) is 5.91 Å². The van der Waals surface area contributed by atoms with Crippen LogP contribution < -0.4 is 10.6 Å². The normalized spacial score (nSPS) is 16.3. The molecule has 0 atom stereocenters. The number of hydrogen-bond donors (Lipinski definition) is 2. The third kappa shape index (κ3) is 11.2. The van der Waals surface area contributed by atoms with Crippen LogP contribution in [0, 0.1) is 5.92 Å². The van der Waals surface area contributed by atoms with E-state index in [2.05, 4.69) is 34.4 Å². The minimum Gasteiger partial charge on any atom is -0.385 e. The van der Waals surface area contributed by atoms with Gasteiger partial charge in [0.15, 0.2) is 5.96 Å². The average Bonchev–Trinajstić information content (AvgIpc) is 2.58. The van der Waals surface area contributed by atoms with E-state index < -0.39 is 0 Å². The van der Waals surface area contributed by atoms with E-state index in [0.717, 1.165) is 58.0 Å². The zero-order valence-electron chi connectivity index (χ0n) is 17.1. The number of halogens is 1. The van der Waals surface area contributed by atoms with E-state index >= 15 is 0 Å². The van der Waals surface area contributed by atoms with Crippen LogP contribution in [0.3, 0.4) is 0 Å². The van der Waals surface area contributed by atoms with Gasteiger partial charge in [0.05, 0.1) is 0 Å². The predicted octanol–water partition coefficient (Wildman–Crippen LogP) is 1.38. The van der Waals surface area contributed by atoms with Gasteiger partial charge in [-0.1, -0.05) is 13.8 Å². The second-order valence-corrected chi connectivity index (χ2v) is 7.33. The number of aliphatic imine (C=N–C) groups is 1. The van der Waals surface area contributed by atoms with Crippen molar-refractivity contribution in [3.8, 4) is 0 Å². The molecule has 8 heteroatoms. The van der Waals surface area contributed by atoms with E-state index in [4.69, 9.17) is 4.74 Å². The zero-order valence-corrected chi connectivity index (χ0v) is 19.4. The van der Waals surface area contributed by atoms with Gasteiger partial charge in [-0.3, -0.25) is 4.79 Å². The van der Waals surface area contributed by atoms with Gasteiger partial charge in [0.25, 0.3) is 0 Å². The molecule has 0 spiro atoms. The number of methoxy groups -OCH3 is 1. The van der Waals surface area contributed by atoms with E-state index in [1.807, 2.05) is 0 Å². The quantitative estimate of drug-likeness (QED) is 0.225. The Morgan fingerprint density at radius 2 is 1.96 bits per heavy atom. The van der Waals surface area contributed by atoms with Crippen LogP contribution >= 0.6 is 24.0 Å². The van der Waals surface area contributed by atoms with E-state index in [-0.39, 0.29) is 36.4 Å². The number of nitrogens with one attached hydrogen (secondary N) is 2. The molecule has 0 aromatic heterocycles. The highest BCUT2D eigenvalue weighted by Crippen LogP contribution is 2.10. The number of nitrogens with zero attached hydrogens (tertiary/aromatic N) is 3. The van der Waals surface area contributed by atoms with Crippen molar-refractivity contribution in [1.29, 1.82) is 0 Å². The number of rotatable bonds is 9. The first kappa shape index (κ1) is 25.4. The van der Waals surface area contributed by atoms with Gasteiger partial charge in [-0.15, -0.1) is 24.0 Å². The van der Waals surface area contributed by atoms with Gasteiger partial charge < -0.3 is 25.2 Å². The number of likely N-dealkylation sites (N-methyl/N-ethyl adjacent to an activating group) is 1. The van der Waals surface area contributed by atoms with Crippen molar-refractivity contribution >= 4 is 35.8 Å². The molecule has 1 aliphatic heterocycles. The Balaban J connectivity index is 0.00000625.